The summed E-state index contributed by atoms with van der Waals surface area (Å²) in [7, 11) is 1.84. The summed E-state index contributed by atoms with van der Waals surface area (Å²) in [4.78, 5) is 2.64. The molecule has 1 saturated heterocycles. The number of hydrogen-bond donors (Lipinski definition) is 1. The van der Waals surface area contributed by atoms with Gasteiger partial charge in [-0.1, -0.05) is 19.8 Å². The minimum atomic E-state index is 0.400. The highest BCUT2D eigenvalue weighted by atomic mass is 16.5. The van der Waals surface area contributed by atoms with Gasteiger partial charge in [-0.05, 0) is 38.0 Å². The summed E-state index contributed by atoms with van der Waals surface area (Å²) in [6.45, 7) is 4.65. The van der Waals surface area contributed by atoms with Crippen LogP contribution in [0.3, 0.4) is 0 Å². The Morgan fingerprint density at radius 2 is 1.89 bits per heavy atom. The Hall–Kier alpha value is -0.120. The minimum absolute atomic E-state index is 0.400. The Labute approximate surface area is 112 Å². The van der Waals surface area contributed by atoms with E-state index in [4.69, 9.17) is 10.5 Å². The minimum Gasteiger partial charge on any atom is -0.381 e. The zero-order valence-electron chi connectivity index (χ0n) is 12.1. The molecule has 2 aliphatic rings. The average molecular weight is 254 g/mol. The molecule has 2 N–H and O–H groups in total. The van der Waals surface area contributed by atoms with E-state index in [2.05, 4.69) is 11.8 Å². The predicted octanol–water partition coefficient (Wildman–Crippen LogP) is 2.39. The highest BCUT2D eigenvalue weighted by molar-refractivity contribution is 4.91. The molecule has 0 aromatic heterocycles. The molecule has 3 nitrogen and oxygen atoms in total. The first-order chi connectivity index (χ1) is 8.74. The Bertz CT molecular complexity index is 239. The van der Waals surface area contributed by atoms with Gasteiger partial charge in [-0.25, -0.2) is 0 Å². The maximum absolute atomic E-state index is 6.36. The lowest BCUT2D eigenvalue weighted by Gasteiger charge is -2.44. The van der Waals surface area contributed by atoms with Crippen LogP contribution in [-0.2, 0) is 4.74 Å². The Morgan fingerprint density at radius 1 is 1.17 bits per heavy atom. The number of nitrogens with two attached hydrogens (primary N) is 1. The molecule has 0 aromatic carbocycles. The summed E-state index contributed by atoms with van der Waals surface area (Å²) in [5.41, 5.74) is 6.36. The standard InChI is InChI=1S/C15H30N2O/c1-3-4-12-5-6-14(16)15(11-12)17-9-7-13(18-2)8-10-17/h12-15H,3-11,16H2,1-2H3. The van der Waals surface area contributed by atoms with Gasteiger partial charge in [0, 0.05) is 32.3 Å². The van der Waals surface area contributed by atoms with E-state index in [0.29, 0.717) is 18.2 Å². The molecule has 0 radical (unpaired) electrons. The van der Waals surface area contributed by atoms with Crippen LogP contribution in [0.1, 0.15) is 51.9 Å². The molecule has 2 rings (SSSR count). The van der Waals surface area contributed by atoms with Gasteiger partial charge >= 0.3 is 0 Å². The molecule has 1 aliphatic carbocycles. The van der Waals surface area contributed by atoms with E-state index in [1.165, 1.54) is 58.0 Å². The zero-order chi connectivity index (χ0) is 13.0. The van der Waals surface area contributed by atoms with Crippen molar-refractivity contribution in [3.8, 4) is 0 Å². The van der Waals surface area contributed by atoms with Crippen LogP contribution in [0.15, 0.2) is 0 Å². The van der Waals surface area contributed by atoms with Crippen molar-refractivity contribution in [2.24, 2.45) is 11.7 Å². The van der Waals surface area contributed by atoms with Crippen molar-refractivity contribution in [1.82, 2.24) is 4.90 Å². The molecule has 1 heterocycles. The monoisotopic (exact) mass is 254 g/mol. The van der Waals surface area contributed by atoms with Gasteiger partial charge in [-0.15, -0.1) is 0 Å². The quantitative estimate of drug-likeness (QED) is 0.837. The van der Waals surface area contributed by atoms with Crippen LogP contribution in [0.5, 0.6) is 0 Å². The smallest absolute Gasteiger partial charge is 0.0595 e. The summed E-state index contributed by atoms with van der Waals surface area (Å²) >= 11 is 0. The van der Waals surface area contributed by atoms with E-state index in [9.17, 15) is 0 Å². The van der Waals surface area contributed by atoms with Crippen molar-refractivity contribution in [2.45, 2.75) is 70.1 Å². The van der Waals surface area contributed by atoms with E-state index in [-0.39, 0.29) is 0 Å². The molecule has 106 valence electrons. The van der Waals surface area contributed by atoms with Gasteiger partial charge < -0.3 is 10.5 Å². The second-order valence-corrected chi connectivity index (χ2v) is 6.17. The SMILES string of the molecule is CCCC1CCC(N)C(N2CCC(OC)CC2)C1. The lowest BCUT2D eigenvalue weighted by molar-refractivity contribution is 0.0112. The summed E-state index contributed by atoms with van der Waals surface area (Å²) in [5.74, 6) is 0.917. The summed E-state index contributed by atoms with van der Waals surface area (Å²) in [6, 6.07) is 1.03. The summed E-state index contributed by atoms with van der Waals surface area (Å²) < 4.78 is 5.46. The van der Waals surface area contributed by atoms with Crippen LogP contribution in [0, 0.1) is 5.92 Å². The van der Waals surface area contributed by atoms with Crippen LogP contribution < -0.4 is 5.73 Å². The van der Waals surface area contributed by atoms with Gasteiger partial charge in [0.1, 0.15) is 0 Å². The number of piperidine rings is 1. The number of rotatable bonds is 4. The van der Waals surface area contributed by atoms with Crippen molar-refractivity contribution < 1.29 is 4.74 Å². The van der Waals surface area contributed by atoms with Crippen molar-refractivity contribution in [3.63, 3.8) is 0 Å². The van der Waals surface area contributed by atoms with Gasteiger partial charge in [-0.2, -0.15) is 0 Å². The molecule has 18 heavy (non-hydrogen) atoms. The molecule has 0 aromatic rings. The Kier molecular flexibility index (Phi) is 5.46. The normalized spacial score (nSPS) is 35.8. The number of methoxy groups -OCH3 is 1. The molecule has 1 aliphatic heterocycles. The molecule has 1 saturated carbocycles. The average Bonchev–Trinajstić information content (AvgIpc) is 2.41. The second-order valence-electron chi connectivity index (χ2n) is 6.17. The Morgan fingerprint density at radius 3 is 2.50 bits per heavy atom. The molecular formula is C15H30N2O. The van der Waals surface area contributed by atoms with Gasteiger partial charge in [0.05, 0.1) is 6.10 Å². The van der Waals surface area contributed by atoms with E-state index in [1.54, 1.807) is 0 Å². The number of hydrogen-bond acceptors (Lipinski definition) is 3. The Balaban J connectivity index is 1.86. The lowest BCUT2D eigenvalue weighted by atomic mass is 9.79. The third kappa shape index (κ3) is 3.46. The number of ether oxygens (including phenoxy) is 1. The van der Waals surface area contributed by atoms with Crippen molar-refractivity contribution >= 4 is 0 Å². The van der Waals surface area contributed by atoms with Crippen LogP contribution in [0.2, 0.25) is 0 Å². The van der Waals surface area contributed by atoms with Crippen LogP contribution >= 0.6 is 0 Å². The fraction of sp³-hybridized carbons (Fsp3) is 1.00. The van der Waals surface area contributed by atoms with Gasteiger partial charge in [0.15, 0.2) is 0 Å². The molecule has 0 spiro atoms. The molecule has 2 fully saturated rings. The maximum Gasteiger partial charge on any atom is 0.0595 e. The summed E-state index contributed by atoms with van der Waals surface area (Å²) in [6.07, 6.45) is 9.44. The zero-order valence-corrected chi connectivity index (χ0v) is 12.1. The fourth-order valence-corrected chi connectivity index (χ4v) is 3.79. The van der Waals surface area contributed by atoms with Gasteiger partial charge in [0.2, 0.25) is 0 Å². The molecule has 3 unspecified atom stereocenters. The molecule has 0 bridgehead atoms. The molecule has 3 heteroatoms. The molecular weight excluding hydrogens is 224 g/mol. The van der Waals surface area contributed by atoms with Crippen LogP contribution in [-0.4, -0.2) is 43.3 Å². The predicted molar refractivity (Wildman–Crippen MR) is 75.6 cm³/mol. The first-order valence-electron chi connectivity index (χ1n) is 7.77. The number of likely N-dealkylation sites (tertiary alicyclic amines) is 1. The summed E-state index contributed by atoms with van der Waals surface area (Å²) in [5, 5.41) is 0. The molecule has 3 atom stereocenters. The second kappa shape index (κ2) is 6.88. The van der Waals surface area contributed by atoms with Crippen LogP contribution in [0.4, 0.5) is 0 Å². The van der Waals surface area contributed by atoms with Crippen molar-refractivity contribution in [1.29, 1.82) is 0 Å². The van der Waals surface area contributed by atoms with Crippen molar-refractivity contribution in [3.05, 3.63) is 0 Å². The largest absolute Gasteiger partial charge is 0.381 e. The van der Waals surface area contributed by atoms with E-state index in [1.807, 2.05) is 7.11 Å². The van der Waals surface area contributed by atoms with E-state index >= 15 is 0 Å². The van der Waals surface area contributed by atoms with Crippen LogP contribution in [0.25, 0.3) is 0 Å². The van der Waals surface area contributed by atoms with Gasteiger partial charge in [-0.3, -0.25) is 4.90 Å². The lowest BCUT2D eigenvalue weighted by Crippen LogP contribution is -2.54. The van der Waals surface area contributed by atoms with E-state index in [0.717, 1.165) is 5.92 Å². The van der Waals surface area contributed by atoms with E-state index < -0.39 is 0 Å². The maximum atomic E-state index is 6.36. The first-order valence-corrected chi connectivity index (χ1v) is 7.77. The topological polar surface area (TPSA) is 38.5 Å². The highest BCUT2D eigenvalue weighted by Gasteiger charge is 2.33. The van der Waals surface area contributed by atoms with Gasteiger partial charge in [0.25, 0.3) is 0 Å². The first kappa shape index (κ1) is 14.3. The highest BCUT2D eigenvalue weighted by Crippen LogP contribution is 2.31. The third-order valence-corrected chi connectivity index (χ3v) is 4.95. The fourth-order valence-electron chi connectivity index (χ4n) is 3.79. The number of nitrogens with zero attached hydrogens (tertiary/aromatic N) is 1. The van der Waals surface area contributed by atoms with Crippen molar-refractivity contribution in [2.75, 3.05) is 20.2 Å². The third-order valence-electron chi connectivity index (χ3n) is 4.95. The molecule has 0 amide bonds.